The maximum atomic E-state index is 3.55. The Labute approximate surface area is 144 Å². The standard InChI is InChI=1S/C22H14Br/c23-20-11-4-9-18(15-20)17-8-3-10-19(14-17)22-13-5-7-16-6-1-2-12-21(16)22/h1-2,4-15H. The Morgan fingerprint density at radius 2 is 1.43 bits per heavy atom. The Bertz CT molecular complexity index is 980. The molecule has 4 aromatic rings. The van der Waals surface area contributed by atoms with Crippen molar-refractivity contribution in [1.82, 2.24) is 0 Å². The molecule has 0 atom stereocenters. The summed E-state index contributed by atoms with van der Waals surface area (Å²) in [6.07, 6.45) is 0. The molecule has 0 heterocycles. The number of rotatable bonds is 2. The Kier molecular flexibility index (Phi) is 3.72. The van der Waals surface area contributed by atoms with E-state index in [-0.39, 0.29) is 0 Å². The van der Waals surface area contributed by atoms with Crippen LogP contribution in [0.3, 0.4) is 0 Å². The molecule has 0 aliphatic rings. The maximum absolute atomic E-state index is 3.55. The van der Waals surface area contributed by atoms with E-state index in [1.165, 1.54) is 33.0 Å². The molecular formula is C22H14Br. The molecule has 0 aromatic heterocycles. The van der Waals surface area contributed by atoms with Crippen molar-refractivity contribution >= 4 is 26.7 Å². The van der Waals surface area contributed by atoms with Crippen LogP contribution in [0.5, 0.6) is 0 Å². The van der Waals surface area contributed by atoms with Crippen LogP contribution >= 0.6 is 15.9 Å². The molecule has 0 unspecified atom stereocenters. The van der Waals surface area contributed by atoms with Gasteiger partial charge in [-0.05, 0) is 69.4 Å². The van der Waals surface area contributed by atoms with Gasteiger partial charge in [-0.25, -0.2) is 0 Å². The summed E-state index contributed by atoms with van der Waals surface area (Å²) < 4.78 is 1.09. The number of hydrogen-bond acceptors (Lipinski definition) is 0. The van der Waals surface area contributed by atoms with Crippen molar-refractivity contribution in [3.8, 4) is 22.3 Å². The van der Waals surface area contributed by atoms with Crippen molar-refractivity contribution in [3.63, 3.8) is 0 Å². The molecule has 0 saturated carbocycles. The van der Waals surface area contributed by atoms with E-state index < -0.39 is 0 Å². The molecular weight excluding hydrogens is 344 g/mol. The molecule has 0 bridgehead atoms. The molecule has 0 aliphatic carbocycles. The lowest BCUT2D eigenvalue weighted by molar-refractivity contribution is 1.58. The van der Waals surface area contributed by atoms with Gasteiger partial charge in [-0.15, -0.1) is 0 Å². The van der Waals surface area contributed by atoms with E-state index in [9.17, 15) is 0 Å². The van der Waals surface area contributed by atoms with E-state index in [0.29, 0.717) is 0 Å². The van der Waals surface area contributed by atoms with Crippen molar-refractivity contribution in [2.75, 3.05) is 0 Å². The Balaban J connectivity index is 1.88. The quantitative estimate of drug-likeness (QED) is 0.372. The second-order valence-electron chi connectivity index (χ2n) is 5.55. The number of hydrogen-bond donors (Lipinski definition) is 0. The van der Waals surface area contributed by atoms with Gasteiger partial charge >= 0.3 is 0 Å². The van der Waals surface area contributed by atoms with Gasteiger partial charge in [0.25, 0.3) is 0 Å². The molecule has 0 amide bonds. The van der Waals surface area contributed by atoms with Crippen LogP contribution in [0, 0.1) is 6.07 Å². The molecule has 0 spiro atoms. The van der Waals surface area contributed by atoms with Gasteiger partial charge in [0.1, 0.15) is 0 Å². The summed E-state index contributed by atoms with van der Waals surface area (Å²) in [5, 5.41) is 2.53. The average Bonchev–Trinajstić information content (AvgIpc) is 2.61. The van der Waals surface area contributed by atoms with Crippen molar-refractivity contribution in [1.29, 1.82) is 0 Å². The first-order chi connectivity index (χ1) is 11.3. The lowest BCUT2D eigenvalue weighted by Gasteiger charge is -2.09. The molecule has 4 rings (SSSR count). The van der Waals surface area contributed by atoms with Crippen molar-refractivity contribution in [2.24, 2.45) is 0 Å². The normalized spacial score (nSPS) is 10.8. The van der Waals surface area contributed by atoms with E-state index in [1.54, 1.807) is 0 Å². The zero-order valence-electron chi connectivity index (χ0n) is 12.5. The van der Waals surface area contributed by atoms with E-state index in [2.05, 4.69) is 94.8 Å². The monoisotopic (exact) mass is 357 g/mol. The van der Waals surface area contributed by atoms with Gasteiger partial charge in [0.2, 0.25) is 0 Å². The molecule has 4 aromatic carbocycles. The third-order valence-electron chi connectivity index (χ3n) is 4.05. The number of benzene rings is 4. The molecule has 0 aliphatic heterocycles. The van der Waals surface area contributed by atoms with Gasteiger partial charge < -0.3 is 0 Å². The van der Waals surface area contributed by atoms with Crippen LogP contribution in [0.25, 0.3) is 33.0 Å². The van der Waals surface area contributed by atoms with Crippen LogP contribution in [-0.4, -0.2) is 0 Å². The highest BCUT2D eigenvalue weighted by atomic mass is 79.9. The summed E-state index contributed by atoms with van der Waals surface area (Å²) in [7, 11) is 0. The van der Waals surface area contributed by atoms with Crippen LogP contribution in [0.15, 0.2) is 89.4 Å². The Morgan fingerprint density at radius 3 is 2.35 bits per heavy atom. The molecule has 0 saturated heterocycles. The lowest BCUT2D eigenvalue weighted by atomic mass is 9.95. The van der Waals surface area contributed by atoms with E-state index >= 15 is 0 Å². The van der Waals surface area contributed by atoms with Gasteiger partial charge in [0, 0.05) is 4.47 Å². The highest BCUT2D eigenvalue weighted by molar-refractivity contribution is 9.10. The van der Waals surface area contributed by atoms with Crippen LogP contribution < -0.4 is 0 Å². The summed E-state index contributed by atoms with van der Waals surface area (Å²) in [6, 6.07) is 32.9. The van der Waals surface area contributed by atoms with Crippen LogP contribution in [0.4, 0.5) is 0 Å². The second-order valence-corrected chi connectivity index (χ2v) is 6.46. The maximum Gasteiger partial charge on any atom is 0.0181 e. The highest BCUT2D eigenvalue weighted by Gasteiger charge is 2.05. The molecule has 109 valence electrons. The molecule has 1 heteroatoms. The zero-order chi connectivity index (χ0) is 15.6. The van der Waals surface area contributed by atoms with E-state index in [1.807, 2.05) is 12.1 Å². The fraction of sp³-hybridized carbons (Fsp3) is 0. The SMILES string of the molecule is Brc1cccc(-c2c[c]cc(-c3cccc4ccccc34)c2)c1. The second kappa shape index (κ2) is 6.02. The molecule has 0 nitrogen and oxygen atoms in total. The summed E-state index contributed by atoms with van der Waals surface area (Å²) >= 11 is 3.55. The number of halogens is 1. The first kappa shape index (κ1) is 14.2. The lowest BCUT2D eigenvalue weighted by Crippen LogP contribution is -1.84. The van der Waals surface area contributed by atoms with Crippen LogP contribution in [-0.2, 0) is 0 Å². The topological polar surface area (TPSA) is 0 Å². The minimum absolute atomic E-state index is 1.09. The average molecular weight is 358 g/mol. The fourth-order valence-corrected chi connectivity index (χ4v) is 3.34. The summed E-state index contributed by atoms with van der Waals surface area (Å²) in [4.78, 5) is 0. The highest BCUT2D eigenvalue weighted by Crippen LogP contribution is 2.31. The van der Waals surface area contributed by atoms with Crippen LogP contribution in [0.1, 0.15) is 0 Å². The van der Waals surface area contributed by atoms with Crippen molar-refractivity contribution in [2.45, 2.75) is 0 Å². The minimum atomic E-state index is 1.09. The van der Waals surface area contributed by atoms with Gasteiger partial charge in [-0.2, -0.15) is 0 Å². The Morgan fingerprint density at radius 1 is 0.652 bits per heavy atom. The third-order valence-corrected chi connectivity index (χ3v) is 4.54. The summed E-state index contributed by atoms with van der Waals surface area (Å²) in [5.41, 5.74) is 4.81. The molecule has 23 heavy (non-hydrogen) atoms. The van der Waals surface area contributed by atoms with Crippen molar-refractivity contribution < 1.29 is 0 Å². The number of fused-ring (bicyclic) bond motifs is 1. The third kappa shape index (κ3) is 2.80. The largest absolute Gasteiger partial charge is 0.0616 e. The van der Waals surface area contributed by atoms with Gasteiger partial charge in [-0.3, -0.25) is 0 Å². The molecule has 1 radical (unpaired) electrons. The first-order valence-corrected chi connectivity index (χ1v) is 8.36. The first-order valence-electron chi connectivity index (χ1n) is 7.56. The smallest absolute Gasteiger partial charge is 0.0181 e. The molecule has 0 fully saturated rings. The summed E-state index contributed by atoms with van der Waals surface area (Å²) in [6.45, 7) is 0. The zero-order valence-corrected chi connectivity index (χ0v) is 14.0. The van der Waals surface area contributed by atoms with Crippen molar-refractivity contribution in [3.05, 3.63) is 95.5 Å². The van der Waals surface area contributed by atoms with E-state index in [0.717, 1.165) is 4.47 Å². The predicted molar refractivity (Wildman–Crippen MR) is 101 cm³/mol. The van der Waals surface area contributed by atoms with Gasteiger partial charge in [-0.1, -0.05) is 70.5 Å². The summed E-state index contributed by atoms with van der Waals surface area (Å²) in [5.74, 6) is 0. The Hall–Kier alpha value is -2.38. The van der Waals surface area contributed by atoms with Gasteiger partial charge in [0.05, 0.1) is 0 Å². The predicted octanol–water partition coefficient (Wildman–Crippen LogP) is 6.74. The van der Waals surface area contributed by atoms with Crippen LogP contribution in [0.2, 0.25) is 0 Å². The van der Waals surface area contributed by atoms with E-state index in [4.69, 9.17) is 0 Å². The fourth-order valence-electron chi connectivity index (χ4n) is 2.94. The van der Waals surface area contributed by atoms with Gasteiger partial charge in [0.15, 0.2) is 0 Å². The minimum Gasteiger partial charge on any atom is -0.0616 e. The molecule has 0 N–H and O–H groups in total.